The number of hydrogen-bond donors (Lipinski definition) is 1. The van der Waals surface area contributed by atoms with E-state index >= 15 is 0 Å². The Labute approximate surface area is 125 Å². The molecule has 0 aliphatic rings. The molecule has 108 valence electrons. The van der Waals surface area contributed by atoms with Gasteiger partial charge in [0.2, 0.25) is 0 Å². The van der Waals surface area contributed by atoms with Crippen molar-refractivity contribution in [3.63, 3.8) is 0 Å². The molecule has 1 atom stereocenters. The monoisotopic (exact) mass is 301 g/mol. The molecule has 1 aromatic heterocycles. The molecule has 0 saturated heterocycles. The highest BCUT2D eigenvalue weighted by molar-refractivity contribution is 7.84. The third-order valence-electron chi connectivity index (χ3n) is 2.83. The van der Waals surface area contributed by atoms with Crippen molar-refractivity contribution >= 4 is 16.5 Å². The molecule has 5 nitrogen and oxygen atoms in total. The zero-order valence-corrected chi connectivity index (χ0v) is 12.4. The van der Waals surface area contributed by atoms with Gasteiger partial charge in [0.05, 0.1) is 28.1 Å². The number of nitrogens with two attached hydrogens (primary N) is 1. The van der Waals surface area contributed by atoms with Crippen LogP contribution in [0, 0.1) is 11.3 Å². The van der Waals surface area contributed by atoms with E-state index in [1.165, 1.54) is 6.20 Å². The number of ether oxygens (including phenoxy) is 1. The van der Waals surface area contributed by atoms with E-state index in [1.807, 2.05) is 13.0 Å². The Morgan fingerprint density at radius 3 is 2.95 bits per heavy atom. The van der Waals surface area contributed by atoms with Crippen molar-refractivity contribution in [2.24, 2.45) is 0 Å². The molecule has 0 saturated carbocycles. The summed E-state index contributed by atoms with van der Waals surface area (Å²) in [7, 11) is -1.37. The van der Waals surface area contributed by atoms with Gasteiger partial charge < -0.3 is 10.5 Å². The molecule has 0 amide bonds. The van der Waals surface area contributed by atoms with Crippen molar-refractivity contribution < 1.29 is 8.95 Å². The van der Waals surface area contributed by atoms with Crippen LogP contribution < -0.4 is 10.5 Å². The van der Waals surface area contributed by atoms with Crippen LogP contribution in [-0.2, 0) is 16.6 Å². The highest BCUT2D eigenvalue weighted by Crippen LogP contribution is 2.25. The van der Waals surface area contributed by atoms with Gasteiger partial charge in [-0.1, -0.05) is 6.07 Å². The van der Waals surface area contributed by atoms with E-state index in [0.29, 0.717) is 28.5 Å². The van der Waals surface area contributed by atoms with Gasteiger partial charge in [0.25, 0.3) is 0 Å². The summed E-state index contributed by atoms with van der Waals surface area (Å²) in [4.78, 5) is 4.47. The van der Waals surface area contributed by atoms with Crippen LogP contribution in [0.25, 0.3) is 0 Å². The summed E-state index contributed by atoms with van der Waals surface area (Å²) in [6.45, 7) is 2.40. The second-order valence-corrected chi connectivity index (χ2v) is 5.66. The first-order valence-corrected chi connectivity index (χ1v) is 7.72. The topological polar surface area (TPSA) is 89.0 Å². The maximum absolute atomic E-state index is 12.5. The Morgan fingerprint density at radius 2 is 2.24 bits per heavy atom. The minimum Gasteiger partial charge on any atom is -0.494 e. The molecule has 2 aromatic rings. The van der Waals surface area contributed by atoms with Gasteiger partial charge in [-0.25, -0.2) is 4.98 Å². The van der Waals surface area contributed by atoms with Crippen LogP contribution >= 0.6 is 0 Å². The molecule has 0 bridgehead atoms. The lowest BCUT2D eigenvalue weighted by Crippen LogP contribution is -2.04. The normalized spacial score (nSPS) is 11.6. The van der Waals surface area contributed by atoms with Gasteiger partial charge >= 0.3 is 0 Å². The van der Waals surface area contributed by atoms with Gasteiger partial charge in [-0.15, -0.1) is 0 Å². The highest BCUT2D eigenvalue weighted by Gasteiger charge is 2.13. The molecule has 2 N–H and O–H groups in total. The number of hydrogen-bond acceptors (Lipinski definition) is 5. The lowest BCUT2D eigenvalue weighted by atomic mass is 10.2. The molecule has 0 radical (unpaired) electrons. The van der Waals surface area contributed by atoms with Crippen LogP contribution in [0.5, 0.6) is 5.75 Å². The summed E-state index contributed by atoms with van der Waals surface area (Å²) in [5.41, 5.74) is 7.25. The summed E-state index contributed by atoms with van der Waals surface area (Å²) in [5.74, 6) is 0.818. The second kappa shape index (κ2) is 6.86. The van der Waals surface area contributed by atoms with Crippen molar-refractivity contribution in [3.8, 4) is 11.8 Å². The smallest absolute Gasteiger partial charge is 0.144 e. The first-order chi connectivity index (χ1) is 10.2. The molecule has 0 aliphatic heterocycles. The molecular weight excluding hydrogens is 286 g/mol. The molecule has 6 heteroatoms. The number of anilines is 1. The van der Waals surface area contributed by atoms with Crippen LogP contribution in [0.15, 0.2) is 41.4 Å². The number of rotatable bonds is 5. The van der Waals surface area contributed by atoms with Crippen molar-refractivity contribution in [1.82, 2.24) is 4.98 Å². The van der Waals surface area contributed by atoms with E-state index in [4.69, 9.17) is 15.7 Å². The summed E-state index contributed by atoms with van der Waals surface area (Å²) in [5, 5.41) is 9.01. The van der Waals surface area contributed by atoms with Crippen molar-refractivity contribution in [2.75, 3.05) is 12.3 Å². The molecule has 0 aliphatic carbocycles. The first-order valence-electron chi connectivity index (χ1n) is 6.40. The Morgan fingerprint density at radius 1 is 1.43 bits per heavy atom. The van der Waals surface area contributed by atoms with Crippen molar-refractivity contribution in [3.05, 3.63) is 47.8 Å². The summed E-state index contributed by atoms with van der Waals surface area (Å²) in [6.07, 6.45) is 1.54. The molecule has 21 heavy (non-hydrogen) atoms. The van der Waals surface area contributed by atoms with Crippen LogP contribution in [0.4, 0.5) is 5.69 Å². The number of nitrogen functional groups attached to an aromatic ring is 1. The molecule has 0 fully saturated rings. The molecular formula is C15H15N3O2S. The van der Waals surface area contributed by atoms with Gasteiger partial charge in [-0.2, -0.15) is 5.26 Å². The van der Waals surface area contributed by atoms with E-state index in [9.17, 15) is 4.21 Å². The molecule has 1 heterocycles. The van der Waals surface area contributed by atoms with E-state index in [1.54, 1.807) is 30.3 Å². The summed E-state index contributed by atoms with van der Waals surface area (Å²) < 4.78 is 17.9. The fourth-order valence-electron chi connectivity index (χ4n) is 1.84. The average Bonchev–Trinajstić information content (AvgIpc) is 2.50. The standard InChI is InChI=1S/C15H15N3O2S/c1-2-20-12-5-6-13(17)15(8-12)21(19)10-11-4-3-7-18-14(11)9-16/h3-8H,2,10,17H2,1H3. The lowest BCUT2D eigenvalue weighted by molar-refractivity contribution is 0.339. The summed E-state index contributed by atoms with van der Waals surface area (Å²) >= 11 is 0. The number of nitrogens with zero attached hydrogens (tertiary/aromatic N) is 2. The first kappa shape index (κ1) is 15.0. The van der Waals surface area contributed by atoms with Crippen LogP contribution in [0.3, 0.4) is 0 Å². The number of benzene rings is 1. The number of aromatic nitrogens is 1. The maximum atomic E-state index is 12.5. The quantitative estimate of drug-likeness (QED) is 0.855. The molecule has 2 rings (SSSR count). The van der Waals surface area contributed by atoms with Gasteiger partial charge in [-0.3, -0.25) is 4.21 Å². The second-order valence-electron chi connectivity index (χ2n) is 4.25. The fraction of sp³-hybridized carbons (Fsp3) is 0.200. The van der Waals surface area contributed by atoms with Crippen LogP contribution in [0.1, 0.15) is 18.2 Å². The third-order valence-corrected chi connectivity index (χ3v) is 4.24. The van der Waals surface area contributed by atoms with Gasteiger partial charge in [0.1, 0.15) is 17.5 Å². The highest BCUT2D eigenvalue weighted by atomic mass is 32.2. The Kier molecular flexibility index (Phi) is 4.90. The van der Waals surface area contributed by atoms with Gasteiger partial charge in [0.15, 0.2) is 0 Å². The number of nitriles is 1. The van der Waals surface area contributed by atoms with E-state index < -0.39 is 10.8 Å². The third kappa shape index (κ3) is 3.58. The van der Waals surface area contributed by atoms with E-state index in [0.717, 1.165) is 0 Å². The SMILES string of the molecule is CCOc1ccc(N)c(S(=O)Cc2cccnc2C#N)c1. The van der Waals surface area contributed by atoms with Gasteiger partial charge in [-0.05, 0) is 31.2 Å². The maximum Gasteiger partial charge on any atom is 0.144 e. The zero-order valence-electron chi connectivity index (χ0n) is 11.6. The minimum absolute atomic E-state index is 0.191. The summed E-state index contributed by atoms with van der Waals surface area (Å²) in [6, 6.07) is 10.5. The van der Waals surface area contributed by atoms with E-state index in [2.05, 4.69) is 4.98 Å². The number of pyridine rings is 1. The predicted octanol–water partition coefficient (Wildman–Crippen LogP) is 2.24. The molecule has 0 spiro atoms. The fourth-order valence-corrected chi connectivity index (χ4v) is 3.09. The molecule has 1 unspecified atom stereocenters. The predicted molar refractivity (Wildman–Crippen MR) is 81.1 cm³/mol. The minimum atomic E-state index is -1.37. The Bertz CT molecular complexity index is 710. The van der Waals surface area contributed by atoms with Crippen molar-refractivity contribution in [1.29, 1.82) is 5.26 Å². The Hall–Kier alpha value is -2.39. The van der Waals surface area contributed by atoms with Crippen molar-refractivity contribution in [2.45, 2.75) is 17.6 Å². The lowest BCUT2D eigenvalue weighted by Gasteiger charge is -2.09. The zero-order chi connectivity index (χ0) is 15.2. The van der Waals surface area contributed by atoms with Gasteiger partial charge in [0, 0.05) is 17.4 Å². The van der Waals surface area contributed by atoms with Crippen LogP contribution in [-0.4, -0.2) is 15.8 Å². The molecule has 1 aromatic carbocycles. The van der Waals surface area contributed by atoms with E-state index in [-0.39, 0.29) is 11.4 Å². The largest absolute Gasteiger partial charge is 0.494 e. The Balaban J connectivity index is 2.28. The average molecular weight is 301 g/mol. The van der Waals surface area contributed by atoms with Crippen LogP contribution in [0.2, 0.25) is 0 Å².